The summed E-state index contributed by atoms with van der Waals surface area (Å²) in [5.74, 6) is -0.233. The number of rotatable bonds is 9. The quantitative estimate of drug-likeness (QED) is 0.236. The Hall–Kier alpha value is -2.52. The molecule has 0 atom stereocenters. The van der Waals surface area contributed by atoms with Crippen LogP contribution in [0.25, 0.3) is 0 Å². The molecule has 28 heavy (non-hydrogen) atoms. The Morgan fingerprint density at radius 1 is 0.750 bits per heavy atom. The topological polar surface area (TPSA) is 26.3 Å². The van der Waals surface area contributed by atoms with Crippen LogP contribution in [0, 0.1) is 0 Å². The summed E-state index contributed by atoms with van der Waals surface area (Å²) in [7, 11) is -0.259. The minimum atomic E-state index is -0.259. The summed E-state index contributed by atoms with van der Waals surface area (Å²) in [5.41, 5.74) is 0.623. The van der Waals surface area contributed by atoms with E-state index in [0.717, 1.165) is 17.7 Å². The number of carbonyl (C=O) groups excluding carboxylic acids is 1. The third-order valence-electron chi connectivity index (χ3n) is 4.49. The predicted octanol–water partition coefficient (Wildman–Crippen LogP) is 6.52. The van der Waals surface area contributed by atoms with Crippen molar-refractivity contribution in [1.29, 1.82) is 0 Å². The highest BCUT2D eigenvalue weighted by Crippen LogP contribution is 2.31. The van der Waals surface area contributed by atoms with E-state index in [9.17, 15) is 4.79 Å². The highest BCUT2D eigenvalue weighted by atomic mass is 32.2. The Morgan fingerprint density at radius 2 is 1.36 bits per heavy atom. The number of benzene rings is 3. The second-order valence-corrected chi connectivity index (χ2v) is 8.68. The monoisotopic (exact) mass is 391 g/mol. The van der Waals surface area contributed by atoms with Crippen LogP contribution in [0.15, 0.2) is 99.6 Å². The van der Waals surface area contributed by atoms with Crippen LogP contribution in [0.5, 0.6) is 0 Å². The summed E-state index contributed by atoms with van der Waals surface area (Å²) in [6, 6.07) is 28.8. The summed E-state index contributed by atoms with van der Waals surface area (Å²) in [6.45, 7) is 2.67. The van der Waals surface area contributed by atoms with Crippen LogP contribution < -0.4 is 0 Å². The Morgan fingerprint density at radius 3 is 1.96 bits per heavy atom. The number of carbonyl (C=O) groups is 1. The molecule has 0 unspecified atom stereocenters. The molecule has 0 amide bonds. The summed E-state index contributed by atoms with van der Waals surface area (Å²) in [6.07, 6.45) is 4.40. The first-order chi connectivity index (χ1) is 13.8. The molecule has 0 spiro atoms. The summed E-state index contributed by atoms with van der Waals surface area (Å²) in [5, 5.41) is 0. The highest BCUT2D eigenvalue weighted by Gasteiger charge is 2.29. The van der Waals surface area contributed by atoms with Gasteiger partial charge in [-0.05, 0) is 42.8 Å². The highest BCUT2D eigenvalue weighted by molar-refractivity contribution is 7.97. The molecule has 0 aromatic heterocycles. The van der Waals surface area contributed by atoms with Gasteiger partial charge in [-0.15, -0.1) is 0 Å². The number of unbranched alkanes of at least 4 members (excludes halogenated alkanes) is 3. The fraction of sp³-hybridized carbons (Fsp3) is 0.240. The average molecular weight is 392 g/mol. The molecule has 0 aliphatic rings. The van der Waals surface area contributed by atoms with Crippen molar-refractivity contribution in [3.63, 3.8) is 0 Å². The predicted molar refractivity (Wildman–Crippen MR) is 116 cm³/mol. The second-order valence-electron chi connectivity index (χ2n) is 6.66. The molecule has 0 saturated carbocycles. The van der Waals surface area contributed by atoms with E-state index in [1.807, 2.05) is 30.3 Å². The number of hydrogen-bond donors (Lipinski definition) is 0. The first-order valence-corrected chi connectivity index (χ1v) is 11.1. The number of hydrogen-bond acceptors (Lipinski definition) is 2. The van der Waals surface area contributed by atoms with Gasteiger partial charge in [0.2, 0.25) is 0 Å². The lowest BCUT2D eigenvalue weighted by atomic mass is 10.2. The molecule has 0 bridgehead atoms. The standard InChI is InChI=1S/C25H27O2S/c1-2-3-4-11-19-27-25(26)21-13-12-18-24(20-21)28(22-14-7-5-8-15-22)23-16-9-6-10-17-23/h5-10,12-18,20H,2-4,11,19H2,1H3/q+1. The van der Waals surface area contributed by atoms with Gasteiger partial charge < -0.3 is 4.74 Å². The third kappa shape index (κ3) is 5.49. The molecule has 0 radical (unpaired) electrons. The number of ether oxygens (including phenoxy) is 1. The van der Waals surface area contributed by atoms with Gasteiger partial charge in [0.05, 0.1) is 23.1 Å². The zero-order chi connectivity index (χ0) is 19.6. The van der Waals surface area contributed by atoms with Crippen LogP contribution in [-0.4, -0.2) is 12.6 Å². The minimum Gasteiger partial charge on any atom is -0.462 e. The molecule has 3 aromatic carbocycles. The van der Waals surface area contributed by atoms with E-state index in [1.165, 1.54) is 22.6 Å². The van der Waals surface area contributed by atoms with Gasteiger partial charge in [-0.1, -0.05) is 68.7 Å². The fourth-order valence-electron chi connectivity index (χ4n) is 3.05. The molecule has 144 valence electrons. The summed E-state index contributed by atoms with van der Waals surface area (Å²) < 4.78 is 5.48. The second kappa shape index (κ2) is 10.7. The molecule has 0 fully saturated rings. The molecule has 3 aromatic rings. The van der Waals surface area contributed by atoms with Gasteiger partial charge in [-0.3, -0.25) is 0 Å². The summed E-state index contributed by atoms with van der Waals surface area (Å²) >= 11 is 0. The van der Waals surface area contributed by atoms with Crippen molar-refractivity contribution in [2.24, 2.45) is 0 Å². The summed E-state index contributed by atoms with van der Waals surface area (Å²) in [4.78, 5) is 16.1. The van der Waals surface area contributed by atoms with Gasteiger partial charge in [0, 0.05) is 6.07 Å². The third-order valence-corrected chi connectivity index (χ3v) is 6.71. The smallest absolute Gasteiger partial charge is 0.338 e. The van der Waals surface area contributed by atoms with E-state index in [-0.39, 0.29) is 16.9 Å². The van der Waals surface area contributed by atoms with Crippen LogP contribution in [0.3, 0.4) is 0 Å². The van der Waals surface area contributed by atoms with E-state index in [4.69, 9.17) is 4.74 Å². The van der Waals surface area contributed by atoms with E-state index >= 15 is 0 Å². The zero-order valence-electron chi connectivity index (χ0n) is 16.3. The van der Waals surface area contributed by atoms with Crippen LogP contribution in [0.1, 0.15) is 43.0 Å². The van der Waals surface area contributed by atoms with Gasteiger partial charge in [0.1, 0.15) is 0 Å². The SMILES string of the molecule is CCCCCCOC(=O)c1cccc([S+](c2ccccc2)c2ccccc2)c1. The molecule has 0 heterocycles. The van der Waals surface area contributed by atoms with Crippen LogP contribution in [0.2, 0.25) is 0 Å². The number of esters is 1. The lowest BCUT2D eigenvalue weighted by molar-refractivity contribution is 0.0497. The average Bonchev–Trinajstić information content (AvgIpc) is 2.75. The first-order valence-electron chi connectivity index (χ1n) is 9.91. The van der Waals surface area contributed by atoms with Crippen LogP contribution >= 0.6 is 0 Å². The Balaban J connectivity index is 1.82. The van der Waals surface area contributed by atoms with Crippen molar-refractivity contribution in [2.45, 2.75) is 47.3 Å². The fourth-order valence-corrected chi connectivity index (χ4v) is 5.18. The molecule has 0 N–H and O–H groups in total. The largest absolute Gasteiger partial charge is 0.462 e. The van der Waals surface area contributed by atoms with Crippen LogP contribution in [-0.2, 0) is 15.6 Å². The van der Waals surface area contributed by atoms with Gasteiger partial charge in [0.25, 0.3) is 0 Å². The Labute approximate surface area is 170 Å². The van der Waals surface area contributed by atoms with Gasteiger partial charge >= 0.3 is 5.97 Å². The van der Waals surface area contributed by atoms with E-state index in [0.29, 0.717) is 12.2 Å². The minimum absolute atomic E-state index is 0.233. The molecule has 2 nitrogen and oxygen atoms in total. The van der Waals surface area contributed by atoms with Crippen molar-refractivity contribution in [2.75, 3.05) is 6.61 Å². The maximum atomic E-state index is 12.5. The molecule has 3 rings (SSSR count). The molecule has 3 heteroatoms. The molecular weight excluding hydrogens is 364 g/mol. The van der Waals surface area contributed by atoms with Gasteiger partial charge in [-0.2, -0.15) is 0 Å². The van der Waals surface area contributed by atoms with Crippen molar-refractivity contribution in [3.05, 3.63) is 90.5 Å². The Bertz CT molecular complexity index is 822. The van der Waals surface area contributed by atoms with Gasteiger partial charge in [0.15, 0.2) is 14.7 Å². The Kier molecular flexibility index (Phi) is 7.74. The molecule has 0 aliphatic carbocycles. The normalized spacial score (nSPS) is 10.8. The molecule has 0 aliphatic heterocycles. The molecular formula is C25H27O2S+. The lowest BCUT2D eigenvalue weighted by Crippen LogP contribution is -2.09. The van der Waals surface area contributed by atoms with Crippen molar-refractivity contribution in [1.82, 2.24) is 0 Å². The molecule has 0 saturated heterocycles. The van der Waals surface area contributed by atoms with E-state index in [2.05, 4.69) is 61.5 Å². The van der Waals surface area contributed by atoms with Crippen LogP contribution in [0.4, 0.5) is 0 Å². The van der Waals surface area contributed by atoms with Crippen molar-refractivity contribution in [3.8, 4) is 0 Å². The van der Waals surface area contributed by atoms with E-state index in [1.54, 1.807) is 0 Å². The van der Waals surface area contributed by atoms with E-state index < -0.39 is 0 Å². The van der Waals surface area contributed by atoms with Crippen molar-refractivity contribution >= 4 is 16.9 Å². The first kappa shape index (κ1) is 20.2. The maximum Gasteiger partial charge on any atom is 0.338 e. The lowest BCUT2D eigenvalue weighted by Gasteiger charge is -2.09. The van der Waals surface area contributed by atoms with Gasteiger partial charge in [-0.25, -0.2) is 4.79 Å². The zero-order valence-corrected chi connectivity index (χ0v) is 17.2. The maximum absolute atomic E-state index is 12.5. The van der Waals surface area contributed by atoms with Crippen molar-refractivity contribution < 1.29 is 9.53 Å².